The monoisotopic (exact) mass is 438 g/mol. The average molecular weight is 439 g/mol. The van der Waals surface area contributed by atoms with Crippen LogP contribution in [-0.2, 0) is 11.8 Å². The summed E-state index contributed by atoms with van der Waals surface area (Å²) in [5.41, 5.74) is 2.65. The maximum Gasteiger partial charge on any atom is 0.248 e. The molecule has 4 aromatic rings. The van der Waals surface area contributed by atoms with E-state index < -0.39 is 17.1 Å². The summed E-state index contributed by atoms with van der Waals surface area (Å²) in [7, 11) is 1.67. The molecule has 1 amide bonds. The van der Waals surface area contributed by atoms with Gasteiger partial charge in [0.05, 0.1) is 5.56 Å². The Morgan fingerprint density at radius 3 is 2.35 bits per heavy atom. The first-order valence-electron chi connectivity index (χ1n) is 9.38. The van der Waals surface area contributed by atoms with Crippen molar-refractivity contribution in [2.45, 2.75) is 5.38 Å². The van der Waals surface area contributed by atoms with Crippen LogP contribution in [0.2, 0.25) is 0 Å². The van der Waals surface area contributed by atoms with Crippen molar-refractivity contribution in [2.24, 2.45) is 7.05 Å². The number of nitrogens with one attached hydrogen (secondary N) is 1. The summed E-state index contributed by atoms with van der Waals surface area (Å²) >= 11 is 6.27. The van der Waals surface area contributed by atoms with E-state index in [9.17, 15) is 13.6 Å². The summed E-state index contributed by atoms with van der Waals surface area (Å²) in [6, 6.07) is 15.3. The maximum absolute atomic E-state index is 14.1. The second-order valence-corrected chi connectivity index (χ2v) is 7.25. The van der Waals surface area contributed by atoms with Gasteiger partial charge in [-0.15, -0.1) is 11.6 Å². The van der Waals surface area contributed by atoms with Crippen molar-refractivity contribution in [2.75, 3.05) is 5.32 Å². The van der Waals surface area contributed by atoms with Crippen molar-refractivity contribution in [1.29, 1.82) is 0 Å². The third-order valence-electron chi connectivity index (χ3n) is 4.78. The molecule has 4 rings (SSSR count). The number of carbonyl (C=O) groups is 1. The smallest absolute Gasteiger partial charge is 0.248 e. The molecule has 0 fully saturated rings. The quantitative estimate of drug-likeness (QED) is 0.427. The van der Waals surface area contributed by atoms with Crippen LogP contribution in [0, 0.1) is 11.6 Å². The van der Waals surface area contributed by atoms with Crippen molar-refractivity contribution in [3.05, 3.63) is 90.3 Å². The molecular formula is C23H17ClF2N4O. The van der Waals surface area contributed by atoms with Crippen molar-refractivity contribution in [3.63, 3.8) is 0 Å². The van der Waals surface area contributed by atoms with Crippen LogP contribution in [0.1, 0.15) is 10.9 Å². The van der Waals surface area contributed by atoms with Crippen molar-refractivity contribution >= 4 is 23.3 Å². The van der Waals surface area contributed by atoms with Crippen LogP contribution in [0.25, 0.3) is 22.4 Å². The van der Waals surface area contributed by atoms with Crippen molar-refractivity contribution in [1.82, 2.24) is 14.8 Å². The minimum atomic E-state index is -1.24. The molecule has 2 aromatic heterocycles. The predicted molar refractivity (Wildman–Crippen MR) is 115 cm³/mol. The second kappa shape index (κ2) is 8.65. The Balaban J connectivity index is 1.78. The fourth-order valence-corrected chi connectivity index (χ4v) is 3.50. The number of hydrogen-bond acceptors (Lipinski definition) is 3. The van der Waals surface area contributed by atoms with Gasteiger partial charge < -0.3 is 5.32 Å². The molecule has 0 bridgehead atoms. The molecule has 0 aliphatic heterocycles. The van der Waals surface area contributed by atoms with E-state index in [0.717, 1.165) is 5.56 Å². The Bertz CT molecular complexity index is 1230. The van der Waals surface area contributed by atoms with Crippen LogP contribution in [0.4, 0.5) is 14.6 Å². The lowest BCUT2D eigenvalue weighted by atomic mass is 10.0. The van der Waals surface area contributed by atoms with E-state index in [1.165, 1.54) is 35.0 Å². The Hall–Kier alpha value is -3.58. The zero-order valence-electron chi connectivity index (χ0n) is 16.4. The Labute approximate surface area is 182 Å². The van der Waals surface area contributed by atoms with Gasteiger partial charge in [0, 0.05) is 30.6 Å². The molecule has 1 unspecified atom stereocenters. The van der Waals surface area contributed by atoms with E-state index in [2.05, 4.69) is 15.4 Å². The van der Waals surface area contributed by atoms with Gasteiger partial charge in [-0.1, -0.05) is 18.2 Å². The predicted octanol–water partition coefficient (Wildman–Crippen LogP) is 5.35. The van der Waals surface area contributed by atoms with Gasteiger partial charge in [-0.3, -0.25) is 14.5 Å². The van der Waals surface area contributed by atoms with Crippen LogP contribution >= 0.6 is 11.6 Å². The summed E-state index contributed by atoms with van der Waals surface area (Å²) in [6.07, 6.45) is 3.23. The third kappa shape index (κ3) is 4.18. The van der Waals surface area contributed by atoms with Gasteiger partial charge in [0.15, 0.2) is 0 Å². The maximum atomic E-state index is 14.1. The van der Waals surface area contributed by atoms with Crippen LogP contribution in [0.3, 0.4) is 0 Å². The molecule has 2 aromatic carbocycles. The first-order chi connectivity index (χ1) is 15.0. The molecule has 156 valence electrons. The Morgan fingerprint density at radius 1 is 1.00 bits per heavy atom. The molecule has 0 aliphatic carbocycles. The molecule has 1 atom stereocenters. The number of carbonyl (C=O) groups excluding carboxylic acids is 1. The summed E-state index contributed by atoms with van der Waals surface area (Å²) in [5, 5.41) is 6.06. The Morgan fingerprint density at radius 2 is 1.68 bits per heavy atom. The second-order valence-electron chi connectivity index (χ2n) is 6.81. The molecule has 0 aliphatic rings. The number of alkyl halides is 1. The van der Waals surface area contributed by atoms with E-state index in [1.54, 1.807) is 49.8 Å². The number of anilines is 1. The molecular weight excluding hydrogens is 422 g/mol. The van der Waals surface area contributed by atoms with Crippen LogP contribution in [0.5, 0.6) is 0 Å². The summed E-state index contributed by atoms with van der Waals surface area (Å²) in [5.74, 6) is -1.16. The number of amides is 1. The molecule has 0 saturated carbocycles. The largest absolute Gasteiger partial charge is 0.309 e. The number of benzene rings is 2. The lowest BCUT2D eigenvalue weighted by Gasteiger charge is -2.13. The first-order valence-corrected chi connectivity index (χ1v) is 9.82. The highest BCUT2D eigenvalue weighted by molar-refractivity contribution is 6.32. The minimum Gasteiger partial charge on any atom is -0.309 e. The topological polar surface area (TPSA) is 59.8 Å². The zero-order chi connectivity index (χ0) is 22.0. The first kappa shape index (κ1) is 20.7. The van der Waals surface area contributed by atoms with Crippen LogP contribution < -0.4 is 5.32 Å². The molecule has 5 nitrogen and oxygen atoms in total. The highest BCUT2D eigenvalue weighted by Crippen LogP contribution is 2.38. The number of rotatable bonds is 5. The minimum absolute atomic E-state index is 0.0769. The van der Waals surface area contributed by atoms with Gasteiger partial charge in [0.25, 0.3) is 0 Å². The lowest BCUT2D eigenvalue weighted by Crippen LogP contribution is -2.20. The number of hydrogen-bond donors (Lipinski definition) is 1. The van der Waals surface area contributed by atoms with Crippen molar-refractivity contribution < 1.29 is 13.6 Å². The van der Waals surface area contributed by atoms with Gasteiger partial charge in [0.1, 0.15) is 28.5 Å². The van der Waals surface area contributed by atoms with Crippen molar-refractivity contribution in [3.8, 4) is 22.4 Å². The molecule has 0 saturated heterocycles. The fraction of sp³-hybridized carbons (Fsp3) is 0.0870. The number of aromatic nitrogens is 3. The number of pyridine rings is 1. The highest BCUT2D eigenvalue weighted by atomic mass is 35.5. The van der Waals surface area contributed by atoms with Gasteiger partial charge >= 0.3 is 0 Å². The van der Waals surface area contributed by atoms with Gasteiger partial charge in [0.2, 0.25) is 5.91 Å². The van der Waals surface area contributed by atoms with Crippen LogP contribution in [0.15, 0.2) is 73.1 Å². The number of aryl methyl sites for hydroxylation is 1. The third-order valence-corrected chi connectivity index (χ3v) is 5.22. The van der Waals surface area contributed by atoms with Gasteiger partial charge in [-0.05, 0) is 48.0 Å². The highest BCUT2D eigenvalue weighted by Gasteiger charge is 2.26. The normalized spacial score (nSPS) is 11.9. The standard InChI is InChI=1S/C23H17ClF2N4O/c1-30-22(28-23(31)20(24)17-4-2-3-5-18(17)26)19(14-10-12-27-13-11-14)21(29-30)15-6-8-16(25)9-7-15/h2-13,20H,1H3,(H,28,31). The van der Waals surface area contributed by atoms with E-state index in [-0.39, 0.29) is 11.4 Å². The molecule has 0 spiro atoms. The van der Waals surface area contributed by atoms with E-state index in [0.29, 0.717) is 22.6 Å². The zero-order valence-corrected chi connectivity index (χ0v) is 17.1. The number of nitrogens with zero attached hydrogens (tertiary/aromatic N) is 3. The van der Waals surface area contributed by atoms with E-state index in [4.69, 9.17) is 11.6 Å². The molecule has 2 heterocycles. The van der Waals surface area contributed by atoms with Gasteiger partial charge in [-0.2, -0.15) is 5.10 Å². The van der Waals surface area contributed by atoms with Gasteiger partial charge in [-0.25, -0.2) is 8.78 Å². The summed E-state index contributed by atoms with van der Waals surface area (Å²) in [6.45, 7) is 0. The Kier molecular flexibility index (Phi) is 5.77. The van der Waals surface area contributed by atoms with Crippen LogP contribution in [-0.4, -0.2) is 20.7 Å². The average Bonchev–Trinajstić information content (AvgIpc) is 3.10. The van der Waals surface area contributed by atoms with E-state index >= 15 is 0 Å². The fourth-order valence-electron chi connectivity index (χ4n) is 3.27. The SMILES string of the molecule is Cn1nc(-c2ccc(F)cc2)c(-c2ccncc2)c1NC(=O)C(Cl)c1ccccc1F. The molecule has 31 heavy (non-hydrogen) atoms. The molecule has 1 N–H and O–H groups in total. The molecule has 0 radical (unpaired) electrons. The summed E-state index contributed by atoms with van der Waals surface area (Å²) in [4.78, 5) is 16.9. The van der Waals surface area contributed by atoms with E-state index in [1.807, 2.05) is 0 Å². The summed E-state index contributed by atoms with van der Waals surface area (Å²) < 4.78 is 29.0. The number of halogens is 3. The molecule has 8 heteroatoms. The lowest BCUT2D eigenvalue weighted by molar-refractivity contribution is -0.116.